The highest BCUT2D eigenvalue weighted by Crippen LogP contribution is 2.60. The van der Waals surface area contributed by atoms with Crippen LogP contribution in [-0.4, -0.2) is 22.8 Å². The zero-order chi connectivity index (χ0) is 18.3. The normalized spacial score (nSPS) is 33.7. The molecule has 1 aromatic heterocycles. The minimum Gasteiger partial charge on any atom is -0.461 e. The van der Waals surface area contributed by atoms with E-state index in [1.54, 1.807) is 0 Å². The third kappa shape index (κ3) is 2.05. The summed E-state index contributed by atoms with van der Waals surface area (Å²) in [5.74, 6) is -0.653. The standard InChI is InChI=1S/C21H16BrNO4/c22-18-12-8-13-17(21(25)27-19(13)18)16(12)20(24)23-9-5-6-11-10-3-1-2-4-14(10)26-15(11)7-9/h1-7,12-13,16-19H,8H2,(H,23,24)/t12-,13-,16-,17-,18-,19+/m1/s1. The van der Waals surface area contributed by atoms with E-state index in [4.69, 9.17) is 9.15 Å². The van der Waals surface area contributed by atoms with Gasteiger partial charge in [0.05, 0.1) is 16.7 Å². The largest absolute Gasteiger partial charge is 0.461 e. The van der Waals surface area contributed by atoms with E-state index in [9.17, 15) is 9.59 Å². The van der Waals surface area contributed by atoms with Crippen LogP contribution < -0.4 is 5.32 Å². The minimum atomic E-state index is -0.336. The first-order valence-electron chi connectivity index (χ1n) is 9.18. The summed E-state index contributed by atoms with van der Waals surface area (Å²) in [5.41, 5.74) is 2.25. The summed E-state index contributed by atoms with van der Waals surface area (Å²) < 4.78 is 11.4. The van der Waals surface area contributed by atoms with Crippen molar-refractivity contribution in [2.24, 2.45) is 23.7 Å². The van der Waals surface area contributed by atoms with Gasteiger partial charge in [-0.05, 0) is 30.5 Å². The summed E-state index contributed by atoms with van der Waals surface area (Å²) >= 11 is 3.65. The average molecular weight is 426 g/mol. The molecule has 0 spiro atoms. The molecule has 6 rings (SSSR count). The summed E-state index contributed by atoms with van der Waals surface area (Å²) in [7, 11) is 0. The highest BCUT2D eigenvalue weighted by Gasteiger charge is 2.67. The number of rotatable bonds is 2. The van der Waals surface area contributed by atoms with Gasteiger partial charge in [-0.15, -0.1) is 0 Å². The van der Waals surface area contributed by atoms with E-state index in [0.29, 0.717) is 5.69 Å². The van der Waals surface area contributed by atoms with Crippen LogP contribution in [0.15, 0.2) is 46.9 Å². The molecule has 1 saturated heterocycles. The monoisotopic (exact) mass is 425 g/mol. The van der Waals surface area contributed by atoms with Crippen molar-refractivity contribution in [1.29, 1.82) is 0 Å². The third-order valence-corrected chi connectivity index (χ3v) is 7.67. The number of hydrogen-bond acceptors (Lipinski definition) is 4. The Bertz CT molecular complexity index is 1120. The second-order valence-corrected chi connectivity index (χ2v) is 8.82. The maximum Gasteiger partial charge on any atom is 0.310 e. The number of benzene rings is 2. The van der Waals surface area contributed by atoms with Gasteiger partial charge < -0.3 is 14.5 Å². The lowest BCUT2D eigenvalue weighted by atomic mass is 9.79. The van der Waals surface area contributed by atoms with Crippen molar-refractivity contribution in [1.82, 2.24) is 0 Å². The number of carbonyl (C=O) groups is 2. The van der Waals surface area contributed by atoms with Crippen LogP contribution in [0.25, 0.3) is 21.9 Å². The molecule has 2 bridgehead atoms. The molecule has 6 heteroatoms. The molecule has 6 atom stereocenters. The highest BCUT2D eigenvalue weighted by atomic mass is 79.9. The molecule has 2 aromatic carbocycles. The molecule has 1 aliphatic heterocycles. The van der Waals surface area contributed by atoms with Crippen molar-refractivity contribution in [3.8, 4) is 0 Å². The van der Waals surface area contributed by atoms with Crippen molar-refractivity contribution in [2.75, 3.05) is 5.32 Å². The topological polar surface area (TPSA) is 68.5 Å². The van der Waals surface area contributed by atoms with E-state index in [0.717, 1.165) is 28.4 Å². The molecule has 3 aromatic rings. The van der Waals surface area contributed by atoms with Crippen LogP contribution in [0.1, 0.15) is 6.42 Å². The van der Waals surface area contributed by atoms with Crippen LogP contribution in [0.5, 0.6) is 0 Å². The van der Waals surface area contributed by atoms with E-state index in [1.807, 2.05) is 42.5 Å². The molecule has 2 saturated carbocycles. The Labute approximate surface area is 163 Å². The number of carbonyl (C=O) groups excluding carboxylic acids is 2. The van der Waals surface area contributed by atoms with Gasteiger partial charge in [-0.1, -0.05) is 34.1 Å². The molecule has 3 aliphatic rings. The average Bonchev–Trinajstić information content (AvgIpc) is 3.36. The van der Waals surface area contributed by atoms with E-state index >= 15 is 0 Å². The summed E-state index contributed by atoms with van der Waals surface area (Å²) in [6.07, 6.45) is 0.806. The fourth-order valence-corrected chi connectivity index (χ4v) is 6.40. The smallest absolute Gasteiger partial charge is 0.310 e. The molecular formula is C21H16BrNO4. The number of esters is 1. The molecular weight excluding hydrogens is 410 g/mol. The summed E-state index contributed by atoms with van der Waals surface area (Å²) in [6.45, 7) is 0. The predicted molar refractivity (Wildman–Crippen MR) is 104 cm³/mol. The Morgan fingerprint density at radius 3 is 2.78 bits per heavy atom. The van der Waals surface area contributed by atoms with Gasteiger partial charge in [-0.2, -0.15) is 0 Å². The van der Waals surface area contributed by atoms with Crippen LogP contribution in [0.2, 0.25) is 0 Å². The van der Waals surface area contributed by atoms with E-state index < -0.39 is 0 Å². The molecule has 2 aliphatic carbocycles. The van der Waals surface area contributed by atoms with Gasteiger partial charge in [0, 0.05) is 28.4 Å². The first-order chi connectivity index (χ1) is 13.1. The number of ether oxygens (including phenoxy) is 1. The second kappa shape index (κ2) is 5.35. The maximum absolute atomic E-state index is 13.0. The number of para-hydroxylation sites is 1. The van der Waals surface area contributed by atoms with Gasteiger partial charge in [-0.3, -0.25) is 9.59 Å². The number of fused-ring (bicyclic) bond motifs is 4. The second-order valence-electron chi connectivity index (χ2n) is 7.76. The Morgan fingerprint density at radius 2 is 1.89 bits per heavy atom. The SMILES string of the molecule is O=C(Nc1ccc2c(c1)oc1ccccc12)[C@@H]1[C@H]2C[C@H]3[C@H](OC(=O)[C@H]31)[C@@H]2Br. The van der Waals surface area contributed by atoms with Gasteiger partial charge in [-0.25, -0.2) is 0 Å². The number of amides is 1. The lowest BCUT2D eigenvalue weighted by molar-refractivity contribution is -0.145. The number of nitrogens with one attached hydrogen (secondary N) is 1. The van der Waals surface area contributed by atoms with Crippen LogP contribution >= 0.6 is 15.9 Å². The molecule has 1 N–H and O–H groups in total. The molecule has 27 heavy (non-hydrogen) atoms. The van der Waals surface area contributed by atoms with E-state index in [2.05, 4.69) is 21.2 Å². The lowest BCUT2D eigenvalue weighted by Crippen LogP contribution is -2.40. The van der Waals surface area contributed by atoms with E-state index in [1.165, 1.54) is 0 Å². The third-order valence-electron chi connectivity index (χ3n) is 6.47. The van der Waals surface area contributed by atoms with Gasteiger partial charge in [0.1, 0.15) is 17.3 Å². The molecule has 0 unspecified atom stereocenters. The summed E-state index contributed by atoms with van der Waals surface area (Å²) in [4.78, 5) is 25.3. The van der Waals surface area contributed by atoms with Crippen molar-refractivity contribution in [3.05, 3.63) is 42.5 Å². The van der Waals surface area contributed by atoms with E-state index in [-0.39, 0.29) is 46.5 Å². The zero-order valence-corrected chi connectivity index (χ0v) is 15.8. The van der Waals surface area contributed by atoms with Gasteiger partial charge in [0.15, 0.2) is 0 Å². The molecule has 0 radical (unpaired) electrons. The molecule has 136 valence electrons. The number of hydrogen-bond donors (Lipinski definition) is 1. The lowest BCUT2D eigenvalue weighted by Gasteiger charge is -2.27. The van der Waals surface area contributed by atoms with Crippen LogP contribution in [-0.2, 0) is 14.3 Å². The van der Waals surface area contributed by atoms with Gasteiger partial charge in [0.2, 0.25) is 5.91 Å². The van der Waals surface area contributed by atoms with Crippen molar-refractivity contribution in [3.63, 3.8) is 0 Å². The molecule has 5 nitrogen and oxygen atoms in total. The maximum atomic E-state index is 13.0. The zero-order valence-electron chi connectivity index (χ0n) is 14.2. The first kappa shape index (κ1) is 15.7. The molecule has 2 heterocycles. The Morgan fingerprint density at radius 1 is 1.07 bits per heavy atom. The molecule has 3 fully saturated rings. The summed E-state index contributed by atoms with van der Waals surface area (Å²) in [6, 6.07) is 13.6. The first-order valence-corrected chi connectivity index (χ1v) is 10.1. The van der Waals surface area contributed by atoms with Crippen LogP contribution in [0, 0.1) is 23.7 Å². The highest BCUT2D eigenvalue weighted by molar-refractivity contribution is 9.09. The number of anilines is 1. The van der Waals surface area contributed by atoms with Crippen LogP contribution in [0.3, 0.4) is 0 Å². The van der Waals surface area contributed by atoms with Crippen molar-refractivity contribution >= 4 is 55.4 Å². The summed E-state index contributed by atoms with van der Waals surface area (Å²) in [5, 5.41) is 5.08. The fourth-order valence-electron chi connectivity index (χ4n) is 5.36. The van der Waals surface area contributed by atoms with Gasteiger partial charge >= 0.3 is 5.97 Å². The predicted octanol–water partition coefficient (Wildman–Crippen LogP) is 4.10. The minimum absolute atomic E-state index is 0.0663. The van der Waals surface area contributed by atoms with Gasteiger partial charge in [0.25, 0.3) is 0 Å². The van der Waals surface area contributed by atoms with Crippen molar-refractivity contribution in [2.45, 2.75) is 17.4 Å². The number of alkyl halides is 1. The van der Waals surface area contributed by atoms with Crippen molar-refractivity contribution < 1.29 is 18.7 Å². The number of halogens is 1. The number of furan rings is 1. The fraction of sp³-hybridized carbons (Fsp3) is 0.333. The van der Waals surface area contributed by atoms with Crippen LogP contribution in [0.4, 0.5) is 5.69 Å². The Balaban J connectivity index is 1.32. The molecule has 1 amide bonds. The quantitative estimate of drug-likeness (QED) is 0.495. The Hall–Kier alpha value is -2.34. The Kier molecular flexibility index (Phi) is 3.11.